The molecule has 1 rings (SSSR count). The minimum Gasteiger partial charge on any atom is -0.505 e. The van der Waals surface area contributed by atoms with Gasteiger partial charge in [0.2, 0.25) is 0 Å². The number of pyridine rings is 1. The zero-order chi connectivity index (χ0) is 13.5. The molecule has 0 aliphatic rings. The lowest BCUT2D eigenvalue weighted by Gasteiger charge is -2.20. The van der Waals surface area contributed by atoms with Crippen molar-refractivity contribution in [1.29, 1.82) is 0 Å². The van der Waals surface area contributed by atoms with E-state index in [1.165, 1.54) is 12.3 Å². The van der Waals surface area contributed by atoms with E-state index in [2.05, 4.69) is 36.1 Å². The highest BCUT2D eigenvalue weighted by molar-refractivity contribution is 5.94. The number of nitrogens with zero attached hydrogens (tertiary/aromatic N) is 2. The lowest BCUT2D eigenvalue weighted by molar-refractivity contribution is 0.0943. The number of rotatable bonds is 6. The lowest BCUT2D eigenvalue weighted by Crippen LogP contribution is -2.31. The standard InChI is InChI=1S/C13H21N3O2/c1-10(2)16(3)9-5-8-15-13(18)12-11(17)6-4-7-14-12/h4,6-7,10,17H,5,8-9H2,1-3H3,(H,15,18). The summed E-state index contributed by atoms with van der Waals surface area (Å²) in [7, 11) is 2.05. The highest BCUT2D eigenvalue weighted by atomic mass is 16.3. The molecule has 0 fully saturated rings. The van der Waals surface area contributed by atoms with Crippen molar-refractivity contribution in [3.05, 3.63) is 24.0 Å². The Morgan fingerprint density at radius 2 is 2.28 bits per heavy atom. The van der Waals surface area contributed by atoms with Gasteiger partial charge in [0.25, 0.3) is 5.91 Å². The first-order valence-electron chi connectivity index (χ1n) is 6.14. The third-order valence-corrected chi connectivity index (χ3v) is 2.86. The van der Waals surface area contributed by atoms with E-state index < -0.39 is 0 Å². The van der Waals surface area contributed by atoms with Crippen LogP contribution in [-0.4, -0.2) is 47.1 Å². The summed E-state index contributed by atoms with van der Waals surface area (Å²) in [5, 5.41) is 12.2. The van der Waals surface area contributed by atoms with Crippen molar-refractivity contribution in [1.82, 2.24) is 15.2 Å². The molecule has 0 aliphatic heterocycles. The molecule has 1 amide bonds. The lowest BCUT2D eigenvalue weighted by atomic mass is 10.3. The van der Waals surface area contributed by atoms with Crippen LogP contribution in [0.5, 0.6) is 5.75 Å². The van der Waals surface area contributed by atoms with Crippen LogP contribution in [0, 0.1) is 0 Å². The quantitative estimate of drug-likeness (QED) is 0.747. The van der Waals surface area contributed by atoms with Crippen LogP contribution in [0.15, 0.2) is 18.3 Å². The van der Waals surface area contributed by atoms with E-state index in [-0.39, 0.29) is 17.4 Å². The third-order valence-electron chi connectivity index (χ3n) is 2.86. The van der Waals surface area contributed by atoms with Gasteiger partial charge in [-0.1, -0.05) is 0 Å². The molecule has 5 nitrogen and oxygen atoms in total. The molecule has 2 N–H and O–H groups in total. The summed E-state index contributed by atoms with van der Waals surface area (Å²) < 4.78 is 0. The summed E-state index contributed by atoms with van der Waals surface area (Å²) in [6, 6.07) is 3.54. The Bertz CT molecular complexity index is 394. The maximum atomic E-state index is 11.7. The molecule has 0 unspecified atom stereocenters. The highest BCUT2D eigenvalue weighted by Crippen LogP contribution is 2.11. The fourth-order valence-electron chi connectivity index (χ4n) is 1.44. The second-order valence-electron chi connectivity index (χ2n) is 4.55. The van der Waals surface area contributed by atoms with Crippen molar-refractivity contribution in [3.63, 3.8) is 0 Å². The van der Waals surface area contributed by atoms with E-state index in [4.69, 9.17) is 0 Å². The molecule has 5 heteroatoms. The fraction of sp³-hybridized carbons (Fsp3) is 0.538. The first kappa shape index (κ1) is 14.4. The van der Waals surface area contributed by atoms with Crippen LogP contribution in [0.2, 0.25) is 0 Å². The minimum atomic E-state index is -0.333. The number of carbonyl (C=O) groups excluding carboxylic acids is 1. The molecule has 0 aromatic carbocycles. The predicted octanol–water partition coefficient (Wildman–Crippen LogP) is 1.25. The van der Waals surface area contributed by atoms with Crippen LogP contribution >= 0.6 is 0 Å². The summed E-state index contributed by atoms with van der Waals surface area (Å²) >= 11 is 0. The molecule has 1 heterocycles. The van der Waals surface area contributed by atoms with Gasteiger partial charge in [-0.2, -0.15) is 0 Å². The average Bonchev–Trinajstić information content (AvgIpc) is 2.34. The molecule has 0 spiro atoms. The highest BCUT2D eigenvalue weighted by Gasteiger charge is 2.11. The Morgan fingerprint density at radius 1 is 1.56 bits per heavy atom. The Kier molecular flexibility index (Phi) is 5.58. The van der Waals surface area contributed by atoms with E-state index in [1.54, 1.807) is 6.07 Å². The monoisotopic (exact) mass is 251 g/mol. The molecule has 0 saturated carbocycles. The number of amides is 1. The van der Waals surface area contributed by atoms with Crippen molar-refractivity contribution >= 4 is 5.91 Å². The average molecular weight is 251 g/mol. The van der Waals surface area contributed by atoms with Gasteiger partial charge in [0.05, 0.1) is 0 Å². The van der Waals surface area contributed by atoms with Crippen LogP contribution in [0.25, 0.3) is 0 Å². The maximum Gasteiger partial charge on any atom is 0.273 e. The topological polar surface area (TPSA) is 65.5 Å². The van der Waals surface area contributed by atoms with Crippen molar-refractivity contribution < 1.29 is 9.90 Å². The van der Waals surface area contributed by atoms with Gasteiger partial charge in [0.15, 0.2) is 5.69 Å². The third kappa shape index (κ3) is 4.33. The normalized spacial score (nSPS) is 10.9. The Morgan fingerprint density at radius 3 is 2.89 bits per heavy atom. The summed E-state index contributed by atoms with van der Waals surface area (Å²) in [4.78, 5) is 17.8. The molecule has 0 atom stereocenters. The molecule has 0 radical (unpaired) electrons. The van der Waals surface area contributed by atoms with Gasteiger partial charge in [-0.25, -0.2) is 4.98 Å². The molecule has 0 bridgehead atoms. The second-order valence-corrected chi connectivity index (χ2v) is 4.55. The molecule has 18 heavy (non-hydrogen) atoms. The van der Waals surface area contributed by atoms with Gasteiger partial charge in [-0.15, -0.1) is 0 Å². The Hall–Kier alpha value is -1.62. The molecule has 0 saturated heterocycles. The van der Waals surface area contributed by atoms with Crippen molar-refractivity contribution in [3.8, 4) is 5.75 Å². The minimum absolute atomic E-state index is 0.0784. The number of hydrogen-bond acceptors (Lipinski definition) is 4. The largest absolute Gasteiger partial charge is 0.505 e. The summed E-state index contributed by atoms with van der Waals surface area (Å²) in [5.41, 5.74) is 0.0784. The van der Waals surface area contributed by atoms with E-state index in [0.29, 0.717) is 12.6 Å². The fourth-order valence-corrected chi connectivity index (χ4v) is 1.44. The number of nitrogens with one attached hydrogen (secondary N) is 1. The number of hydrogen-bond donors (Lipinski definition) is 2. The van der Waals surface area contributed by atoms with Crippen LogP contribution in [0.4, 0.5) is 0 Å². The zero-order valence-electron chi connectivity index (χ0n) is 11.2. The van der Waals surface area contributed by atoms with Crippen LogP contribution in [0.3, 0.4) is 0 Å². The van der Waals surface area contributed by atoms with Crippen molar-refractivity contribution in [2.24, 2.45) is 0 Å². The Balaban J connectivity index is 2.32. The first-order chi connectivity index (χ1) is 8.52. The number of aromatic hydroxyl groups is 1. The molecule has 1 aromatic rings. The number of aromatic nitrogens is 1. The van der Waals surface area contributed by atoms with Crippen molar-refractivity contribution in [2.45, 2.75) is 26.3 Å². The first-order valence-corrected chi connectivity index (χ1v) is 6.14. The van der Waals surface area contributed by atoms with E-state index in [1.807, 2.05) is 0 Å². The van der Waals surface area contributed by atoms with Gasteiger partial charge in [0.1, 0.15) is 5.75 Å². The molecular formula is C13H21N3O2. The van der Waals surface area contributed by atoms with Gasteiger partial charge < -0.3 is 15.3 Å². The Labute approximate surface area is 108 Å². The SMILES string of the molecule is CC(C)N(C)CCCNC(=O)c1ncccc1O. The van der Waals surface area contributed by atoms with E-state index in [0.717, 1.165) is 13.0 Å². The smallest absolute Gasteiger partial charge is 0.273 e. The van der Waals surface area contributed by atoms with Crippen LogP contribution < -0.4 is 5.32 Å². The molecule has 1 aromatic heterocycles. The van der Waals surface area contributed by atoms with E-state index >= 15 is 0 Å². The maximum absolute atomic E-state index is 11.7. The van der Waals surface area contributed by atoms with Crippen LogP contribution in [-0.2, 0) is 0 Å². The summed E-state index contributed by atoms with van der Waals surface area (Å²) in [5.74, 6) is -0.422. The summed E-state index contributed by atoms with van der Waals surface area (Å²) in [6.45, 7) is 5.76. The molecular weight excluding hydrogens is 230 g/mol. The predicted molar refractivity (Wildman–Crippen MR) is 70.6 cm³/mol. The van der Waals surface area contributed by atoms with Gasteiger partial charge >= 0.3 is 0 Å². The van der Waals surface area contributed by atoms with E-state index in [9.17, 15) is 9.90 Å². The molecule has 0 aliphatic carbocycles. The summed E-state index contributed by atoms with van der Waals surface area (Å²) in [6.07, 6.45) is 2.36. The van der Waals surface area contributed by atoms with Crippen LogP contribution in [0.1, 0.15) is 30.8 Å². The van der Waals surface area contributed by atoms with Gasteiger partial charge in [-0.05, 0) is 46.0 Å². The molecule has 100 valence electrons. The zero-order valence-corrected chi connectivity index (χ0v) is 11.2. The van der Waals surface area contributed by atoms with Gasteiger partial charge in [-0.3, -0.25) is 4.79 Å². The van der Waals surface area contributed by atoms with Gasteiger partial charge in [0, 0.05) is 18.8 Å². The van der Waals surface area contributed by atoms with Crippen molar-refractivity contribution in [2.75, 3.05) is 20.1 Å². The second kappa shape index (κ2) is 6.96. The number of carbonyl (C=O) groups is 1.